The van der Waals surface area contributed by atoms with Gasteiger partial charge in [-0.3, -0.25) is 0 Å². The molecule has 0 bridgehead atoms. The van der Waals surface area contributed by atoms with Gasteiger partial charge >= 0.3 is 5.97 Å². The number of ether oxygens (including phenoxy) is 2. The summed E-state index contributed by atoms with van der Waals surface area (Å²) in [6.45, 7) is 1.97. The van der Waals surface area contributed by atoms with Crippen LogP contribution in [0.15, 0.2) is 24.3 Å². The molecule has 1 aromatic rings. The van der Waals surface area contributed by atoms with Gasteiger partial charge in [0.2, 0.25) is 0 Å². The van der Waals surface area contributed by atoms with Crippen LogP contribution < -0.4 is 4.74 Å². The summed E-state index contributed by atoms with van der Waals surface area (Å²) in [5.41, 5.74) is 0.506. The van der Waals surface area contributed by atoms with E-state index in [1.165, 1.54) is 0 Å². The summed E-state index contributed by atoms with van der Waals surface area (Å²) in [4.78, 5) is 11.5. The predicted molar refractivity (Wildman–Crippen MR) is 79.0 cm³/mol. The van der Waals surface area contributed by atoms with Crippen molar-refractivity contribution in [3.05, 3.63) is 29.8 Å². The van der Waals surface area contributed by atoms with Crippen molar-refractivity contribution in [1.82, 2.24) is 0 Å². The molecule has 1 unspecified atom stereocenters. The number of esters is 1. The highest BCUT2D eigenvalue weighted by Crippen LogP contribution is 2.25. The van der Waals surface area contributed by atoms with Crippen molar-refractivity contribution in [1.29, 1.82) is 0 Å². The second-order valence-corrected chi connectivity index (χ2v) is 5.88. The lowest BCUT2D eigenvalue weighted by molar-refractivity contribution is -0.153. The van der Waals surface area contributed by atoms with Crippen LogP contribution in [0.2, 0.25) is 0 Å². The molecule has 0 aromatic heterocycles. The van der Waals surface area contributed by atoms with Gasteiger partial charge in [-0.05, 0) is 49.0 Å². The van der Waals surface area contributed by atoms with Gasteiger partial charge in [-0.2, -0.15) is 11.8 Å². The maximum Gasteiger partial charge on any atom is 0.339 e. The van der Waals surface area contributed by atoms with E-state index in [9.17, 15) is 9.90 Å². The molecule has 20 heavy (non-hydrogen) atoms. The number of hydrogen-bond acceptors (Lipinski definition) is 5. The molecular formula is C15H20O4S. The monoisotopic (exact) mass is 296 g/mol. The third-order valence-electron chi connectivity index (χ3n) is 3.15. The van der Waals surface area contributed by atoms with Gasteiger partial charge in [-0.15, -0.1) is 0 Å². The second-order valence-electron chi connectivity index (χ2n) is 4.66. The lowest BCUT2D eigenvalue weighted by Gasteiger charge is -2.23. The molecule has 2 rings (SSSR count). The Morgan fingerprint density at radius 2 is 2.20 bits per heavy atom. The van der Waals surface area contributed by atoms with Gasteiger partial charge in [0.1, 0.15) is 11.9 Å². The molecule has 0 saturated carbocycles. The van der Waals surface area contributed by atoms with E-state index in [2.05, 4.69) is 0 Å². The number of aliphatic hydroxyl groups is 1. The van der Waals surface area contributed by atoms with Crippen molar-refractivity contribution < 1.29 is 19.4 Å². The van der Waals surface area contributed by atoms with Gasteiger partial charge < -0.3 is 14.6 Å². The molecule has 1 atom stereocenters. The van der Waals surface area contributed by atoms with E-state index in [0.717, 1.165) is 24.3 Å². The Labute approximate surface area is 123 Å². The first kappa shape index (κ1) is 15.2. The van der Waals surface area contributed by atoms with Crippen LogP contribution in [0.3, 0.4) is 0 Å². The van der Waals surface area contributed by atoms with E-state index in [1.807, 2.05) is 17.8 Å². The fraction of sp³-hybridized carbons (Fsp3) is 0.533. The number of rotatable bonds is 5. The van der Waals surface area contributed by atoms with Crippen LogP contribution in [0.5, 0.6) is 5.75 Å². The first-order valence-corrected chi connectivity index (χ1v) is 8.05. The van der Waals surface area contributed by atoms with E-state index in [1.54, 1.807) is 25.1 Å². The zero-order chi connectivity index (χ0) is 14.4. The zero-order valence-corrected chi connectivity index (χ0v) is 12.4. The molecule has 1 aromatic carbocycles. The van der Waals surface area contributed by atoms with Crippen molar-refractivity contribution in [3.8, 4) is 5.75 Å². The van der Waals surface area contributed by atoms with Gasteiger partial charge in [0.15, 0.2) is 6.10 Å². The highest BCUT2D eigenvalue weighted by atomic mass is 32.2. The Morgan fingerprint density at radius 1 is 1.45 bits per heavy atom. The third kappa shape index (κ3) is 4.15. The van der Waals surface area contributed by atoms with Crippen molar-refractivity contribution in [2.45, 2.75) is 32.0 Å². The average Bonchev–Trinajstić information content (AvgIpc) is 2.48. The lowest BCUT2D eigenvalue weighted by Crippen LogP contribution is -2.22. The Bertz CT molecular complexity index is 443. The Balaban J connectivity index is 2.01. The van der Waals surface area contributed by atoms with Crippen LogP contribution in [0.1, 0.15) is 31.4 Å². The van der Waals surface area contributed by atoms with Gasteiger partial charge in [0, 0.05) is 0 Å². The van der Waals surface area contributed by atoms with Crippen LogP contribution in [-0.2, 0) is 9.53 Å². The van der Waals surface area contributed by atoms with Crippen LogP contribution in [0, 0.1) is 0 Å². The van der Waals surface area contributed by atoms with Crippen molar-refractivity contribution in [2.75, 3.05) is 18.1 Å². The third-order valence-corrected chi connectivity index (χ3v) is 4.20. The van der Waals surface area contributed by atoms with Gasteiger partial charge in [-0.25, -0.2) is 4.79 Å². The Morgan fingerprint density at radius 3 is 2.90 bits per heavy atom. The maximum absolute atomic E-state index is 11.5. The SMILES string of the molecule is CCOC(=O)C(O)c1cccc(OC2CCSCC2)c1. The molecule has 110 valence electrons. The Hall–Kier alpha value is -1.20. The minimum Gasteiger partial charge on any atom is -0.490 e. The summed E-state index contributed by atoms with van der Waals surface area (Å²) >= 11 is 1.95. The maximum atomic E-state index is 11.5. The number of benzene rings is 1. The topological polar surface area (TPSA) is 55.8 Å². The first-order valence-electron chi connectivity index (χ1n) is 6.89. The van der Waals surface area contributed by atoms with E-state index in [-0.39, 0.29) is 12.7 Å². The fourth-order valence-electron chi connectivity index (χ4n) is 2.10. The smallest absolute Gasteiger partial charge is 0.339 e. The standard InChI is InChI=1S/C15H20O4S/c1-2-18-15(17)14(16)11-4-3-5-13(10-11)19-12-6-8-20-9-7-12/h3-5,10,12,14,16H,2,6-9H2,1H3. The number of carbonyl (C=O) groups excluding carboxylic acids is 1. The molecular weight excluding hydrogens is 276 g/mol. The number of aliphatic hydroxyl groups excluding tert-OH is 1. The molecule has 0 aliphatic carbocycles. The molecule has 1 heterocycles. The summed E-state index contributed by atoms with van der Waals surface area (Å²) in [5, 5.41) is 9.92. The Kier molecular flexibility index (Phi) is 5.73. The summed E-state index contributed by atoms with van der Waals surface area (Å²) in [6.07, 6.45) is 1.05. The molecule has 0 spiro atoms. The highest BCUT2D eigenvalue weighted by molar-refractivity contribution is 7.99. The fourth-order valence-corrected chi connectivity index (χ4v) is 3.16. The predicted octanol–water partition coefficient (Wildman–Crippen LogP) is 2.56. The molecule has 0 amide bonds. The van der Waals surface area contributed by atoms with E-state index in [4.69, 9.17) is 9.47 Å². The van der Waals surface area contributed by atoms with E-state index in [0.29, 0.717) is 11.3 Å². The molecule has 5 heteroatoms. The summed E-state index contributed by atoms with van der Waals surface area (Å²) in [5.74, 6) is 2.31. The average molecular weight is 296 g/mol. The quantitative estimate of drug-likeness (QED) is 0.846. The van der Waals surface area contributed by atoms with Crippen LogP contribution >= 0.6 is 11.8 Å². The van der Waals surface area contributed by atoms with E-state index < -0.39 is 12.1 Å². The van der Waals surface area contributed by atoms with E-state index >= 15 is 0 Å². The minimum atomic E-state index is -1.25. The molecule has 0 radical (unpaired) electrons. The summed E-state index contributed by atoms with van der Waals surface area (Å²) in [6, 6.07) is 7.04. The van der Waals surface area contributed by atoms with Crippen LogP contribution in [-0.4, -0.2) is 35.3 Å². The highest BCUT2D eigenvalue weighted by Gasteiger charge is 2.20. The minimum absolute atomic E-state index is 0.228. The van der Waals surface area contributed by atoms with Crippen molar-refractivity contribution in [2.24, 2.45) is 0 Å². The molecule has 1 aliphatic rings. The number of hydrogen-bond donors (Lipinski definition) is 1. The lowest BCUT2D eigenvalue weighted by atomic mass is 10.1. The van der Waals surface area contributed by atoms with Crippen LogP contribution in [0.25, 0.3) is 0 Å². The van der Waals surface area contributed by atoms with Crippen molar-refractivity contribution in [3.63, 3.8) is 0 Å². The zero-order valence-electron chi connectivity index (χ0n) is 11.6. The molecule has 4 nitrogen and oxygen atoms in total. The molecule has 1 fully saturated rings. The largest absolute Gasteiger partial charge is 0.490 e. The van der Waals surface area contributed by atoms with Crippen LogP contribution in [0.4, 0.5) is 0 Å². The molecule has 1 aliphatic heterocycles. The van der Waals surface area contributed by atoms with Crippen molar-refractivity contribution >= 4 is 17.7 Å². The molecule has 1 saturated heterocycles. The summed E-state index contributed by atoms with van der Waals surface area (Å²) in [7, 11) is 0. The number of carbonyl (C=O) groups is 1. The second kappa shape index (κ2) is 7.55. The normalized spacial score (nSPS) is 17.5. The summed E-state index contributed by atoms with van der Waals surface area (Å²) < 4.78 is 10.7. The molecule has 1 N–H and O–H groups in total. The first-order chi connectivity index (χ1) is 9.70. The van der Waals surface area contributed by atoms with Gasteiger partial charge in [0.05, 0.1) is 6.61 Å². The number of thioether (sulfide) groups is 1. The van der Waals surface area contributed by atoms with Gasteiger partial charge in [-0.1, -0.05) is 12.1 Å². The van der Waals surface area contributed by atoms with Gasteiger partial charge in [0.25, 0.3) is 0 Å².